The van der Waals surface area contributed by atoms with Crippen molar-refractivity contribution in [3.8, 4) is 0 Å². The van der Waals surface area contributed by atoms with Gasteiger partial charge in [0.15, 0.2) is 0 Å². The second kappa shape index (κ2) is 6.85. The zero-order valence-corrected chi connectivity index (χ0v) is 17.5. The van der Waals surface area contributed by atoms with Crippen molar-refractivity contribution in [2.24, 2.45) is 40.4 Å². The zero-order chi connectivity index (χ0) is 21.2. The SMILES string of the molecule is CC12CCC3C(C1CCC2CCCC(=O)O)C(F)(F)CC1CC(F)(F)CC[C@@]13C. The highest BCUT2D eigenvalue weighted by Crippen LogP contribution is 2.71. The Kier molecular flexibility index (Phi) is 5.06. The number of fused-ring (bicyclic) bond motifs is 5. The van der Waals surface area contributed by atoms with E-state index in [1.807, 2.05) is 6.92 Å². The lowest BCUT2D eigenvalue weighted by Gasteiger charge is -2.63. The molecular formula is C23H34F4O2. The summed E-state index contributed by atoms with van der Waals surface area (Å²) in [6.45, 7) is 4.16. The molecule has 6 unspecified atom stereocenters. The van der Waals surface area contributed by atoms with Crippen LogP contribution in [0.4, 0.5) is 17.6 Å². The van der Waals surface area contributed by atoms with Crippen molar-refractivity contribution in [1.29, 1.82) is 0 Å². The predicted octanol–water partition coefficient (Wildman–Crippen LogP) is 6.78. The molecule has 4 saturated carbocycles. The summed E-state index contributed by atoms with van der Waals surface area (Å²) in [5.41, 5.74) is -0.582. The molecule has 0 aromatic heterocycles. The molecule has 7 atom stereocenters. The van der Waals surface area contributed by atoms with Crippen molar-refractivity contribution in [2.45, 2.75) is 96.3 Å². The molecule has 0 aromatic rings. The minimum Gasteiger partial charge on any atom is -0.481 e. The van der Waals surface area contributed by atoms with Gasteiger partial charge in [0.05, 0.1) is 0 Å². The molecular weight excluding hydrogens is 384 g/mol. The first-order valence-electron chi connectivity index (χ1n) is 11.4. The second-order valence-corrected chi connectivity index (χ2v) is 11.1. The van der Waals surface area contributed by atoms with Crippen molar-refractivity contribution >= 4 is 5.97 Å². The molecule has 0 bridgehead atoms. The van der Waals surface area contributed by atoms with Crippen LogP contribution in [0, 0.1) is 40.4 Å². The average molecular weight is 419 g/mol. The molecule has 1 N–H and O–H groups in total. The summed E-state index contributed by atoms with van der Waals surface area (Å²) in [4.78, 5) is 10.9. The van der Waals surface area contributed by atoms with Gasteiger partial charge in [-0.1, -0.05) is 13.8 Å². The standard InChI is InChI=1S/C23H34F4O2/c1-20-9-8-17-19(16(20)7-6-14(20)4-3-5-18(28)29)23(26,27)13-15-12-22(24,25)11-10-21(15,17)2/h14-17,19H,3-13H2,1-2H3,(H,28,29)/t14?,15?,16?,17?,19?,20?,21-/m0/s1. The minimum atomic E-state index is -2.88. The molecule has 4 fully saturated rings. The lowest BCUT2D eigenvalue weighted by atomic mass is 9.43. The van der Waals surface area contributed by atoms with Gasteiger partial charge < -0.3 is 5.11 Å². The molecule has 166 valence electrons. The molecule has 4 aliphatic rings. The van der Waals surface area contributed by atoms with Gasteiger partial charge in [-0.05, 0) is 79.4 Å². The zero-order valence-electron chi connectivity index (χ0n) is 17.5. The molecule has 4 aliphatic carbocycles. The first-order valence-corrected chi connectivity index (χ1v) is 11.4. The van der Waals surface area contributed by atoms with Crippen molar-refractivity contribution in [1.82, 2.24) is 0 Å². The number of hydrogen-bond acceptors (Lipinski definition) is 1. The Balaban J connectivity index is 1.58. The first-order chi connectivity index (χ1) is 13.4. The van der Waals surface area contributed by atoms with Gasteiger partial charge in [-0.2, -0.15) is 0 Å². The smallest absolute Gasteiger partial charge is 0.303 e. The number of aliphatic carboxylic acids is 1. The van der Waals surface area contributed by atoms with E-state index < -0.39 is 41.5 Å². The van der Waals surface area contributed by atoms with E-state index in [-0.39, 0.29) is 36.5 Å². The summed E-state index contributed by atoms with van der Waals surface area (Å²) < 4.78 is 59.1. The summed E-state index contributed by atoms with van der Waals surface area (Å²) >= 11 is 0. The van der Waals surface area contributed by atoms with E-state index in [1.165, 1.54) is 0 Å². The molecule has 0 heterocycles. The molecule has 0 aromatic carbocycles. The van der Waals surface area contributed by atoms with Crippen LogP contribution < -0.4 is 0 Å². The van der Waals surface area contributed by atoms with Crippen molar-refractivity contribution in [2.75, 3.05) is 0 Å². The number of alkyl halides is 4. The van der Waals surface area contributed by atoms with E-state index in [0.717, 1.165) is 25.7 Å². The van der Waals surface area contributed by atoms with Crippen LogP contribution in [-0.2, 0) is 4.79 Å². The Hall–Kier alpha value is -0.810. The summed E-state index contributed by atoms with van der Waals surface area (Å²) in [6, 6.07) is 0. The largest absolute Gasteiger partial charge is 0.481 e. The van der Waals surface area contributed by atoms with E-state index in [9.17, 15) is 13.6 Å². The van der Waals surface area contributed by atoms with E-state index in [0.29, 0.717) is 25.2 Å². The van der Waals surface area contributed by atoms with Crippen LogP contribution in [0.25, 0.3) is 0 Å². The lowest BCUT2D eigenvalue weighted by Crippen LogP contribution is -2.61. The Morgan fingerprint density at radius 1 is 0.931 bits per heavy atom. The van der Waals surface area contributed by atoms with Gasteiger partial charge in [-0.25, -0.2) is 17.6 Å². The van der Waals surface area contributed by atoms with Crippen LogP contribution in [0.5, 0.6) is 0 Å². The molecule has 0 spiro atoms. The van der Waals surface area contributed by atoms with Gasteiger partial charge in [0, 0.05) is 31.6 Å². The predicted molar refractivity (Wildman–Crippen MR) is 102 cm³/mol. The van der Waals surface area contributed by atoms with Crippen LogP contribution in [0.3, 0.4) is 0 Å². The number of hydrogen-bond donors (Lipinski definition) is 1. The summed E-state index contributed by atoms with van der Waals surface area (Å²) in [5.74, 6) is -7.76. The Labute approximate surface area is 170 Å². The van der Waals surface area contributed by atoms with Gasteiger partial charge in [-0.3, -0.25) is 4.79 Å². The highest BCUT2D eigenvalue weighted by Gasteiger charge is 2.68. The summed E-state index contributed by atoms with van der Waals surface area (Å²) in [6.07, 6.45) is 4.14. The Morgan fingerprint density at radius 3 is 2.31 bits per heavy atom. The molecule has 0 radical (unpaired) electrons. The fourth-order valence-corrected chi connectivity index (χ4v) is 8.16. The van der Waals surface area contributed by atoms with Crippen LogP contribution in [0.1, 0.15) is 84.5 Å². The molecule has 6 heteroatoms. The maximum atomic E-state index is 15.5. The minimum absolute atomic E-state index is 0.0775. The van der Waals surface area contributed by atoms with Crippen LogP contribution in [0.2, 0.25) is 0 Å². The number of carboxylic acid groups (broad SMARTS) is 1. The maximum absolute atomic E-state index is 15.5. The van der Waals surface area contributed by atoms with E-state index in [1.54, 1.807) is 0 Å². The molecule has 0 aliphatic heterocycles. The molecule has 0 amide bonds. The number of halogens is 4. The van der Waals surface area contributed by atoms with Crippen molar-refractivity contribution in [3.05, 3.63) is 0 Å². The van der Waals surface area contributed by atoms with Crippen molar-refractivity contribution in [3.63, 3.8) is 0 Å². The number of rotatable bonds is 4. The van der Waals surface area contributed by atoms with Crippen LogP contribution in [-0.4, -0.2) is 22.9 Å². The van der Waals surface area contributed by atoms with Gasteiger partial charge in [0.1, 0.15) is 0 Å². The Morgan fingerprint density at radius 2 is 1.62 bits per heavy atom. The van der Waals surface area contributed by atoms with Gasteiger partial charge in [0.2, 0.25) is 5.92 Å². The van der Waals surface area contributed by atoms with Crippen molar-refractivity contribution < 1.29 is 27.5 Å². The fraction of sp³-hybridized carbons (Fsp3) is 0.957. The third-order valence-corrected chi connectivity index (χ3v) is 9.77. The highest BCUT2D eigenvalue weighted by atomic mass is 19.3. The van der Waals surface area contributed by atoms with Gasteiger partial charge in [-0.15, -0.1) is 0 Å². The van der Waals surface area contributed by atoms with Gasteiger partial charge >= 0.3 is 5.97 Å². The number of carboxylic acids is 1. The van der Waals surface area contributed by atoms with E-state index in [4.69, 9.17) is 5.11 Å². The molecule has 4 rings (SSSR count). The lowest BCUT2D eigenvalue weighted by molar-refractivity contribution is -0.249. The maximum Gasteiger partial charge on any atom is 0.303 e. The van der Waals surface area contributed by atoms with Gasteiger partial charge in [0.25, 0.3) is 5.92 Å². The fourth-order valence-electron chi connectivity index (χ4n) is 8.16. The van der Waals surface area contributed by atoms with Crippen LogP contribution in [0.15, 0.2) is 0 Å². The second-order valence-electron chi connectivity index (χ2n) is 11.1. The average Bonchev–Trinajstić information content (AvgIpc) is 2.92. The Bertz CT molecular complexity index is 665. The monoisotopic (exact) mass is 418 g/mol. The molecule has 2 nitrogen and oxygen atoms in total. The molecule has 0 saturated heterocycles. The third-order valence-electron chi connectivity index (χ3n) is 9.77. The summed E-state index contributed by atoms with van der Waals surface area (Å²) in [7, 11) is 0. The quantitative estimate of drug-likeness (QED) is 0.511. The highest BCUT2D eigenvalue weighted by molar-refractivity contribution is 5.66. The topological polar surface area (TPSA) is 37.3 Å². The first kappa shape index (κ1) is 21.4. The third kappa shape index (κ3) is 3.40. The van der Waals surface area contributed by atoms with Crippen LogP contribution >= 0.6 is 0 Å². The van der Waals surface area contributed by atoms with E-state index >= 15 is 8.78 Å². The summed E-state index contributed by atoms with van der Waals surface area (Å²) in [5, 5.41) is 8.93. The number of carbonyl (C=O) groups is 1. The normalized spacial score (nSPS) is 47.7. The van der Waals surface area contributed by atoms with E-state index in [2.05, 4.69) is 6.92 Å². The molecule has 29 heavy (non-hydrogen) atoms.